The van der Waals surface area contributed by atoms with E-state index in [0.717, 1.165) is 28.8 Å². The van der Waals surface area contributed by atoms with E-state index >= 15 is 0 Å². The molecule has 2 aromatic carbocycles. The Labute approximate surface area is 188 Å². The number of likely N-dealkylation sites (tertiary alicyclic amines) is 1. The fourth-order valence-corrected chi connectivity index (χ4v) is 4.62. The minimum Gasteiger partial charge on any atom is -0.497 e. The van der Waals surface area contributed by atoms with Crippen molar-refractivity contribution in [3.05, 3.63) is 46.4 Å². The van der Waals surface area contributed by atoms with Gasteiger partial charge in [-0.1, -0.05) is 34.5 Å². The van der Waals surface area contributed by atoms with Crippen LogP contribution in [0.15, 0.2) is 36.4 Å². The van der Waals surface area contributed by atoms with Gasteiger partial charge in [0.25, 0.3) is 11.1 Å². The van der Waals surface area contributed by atoms with Crippen LogP contribution in [0.2, 0.25) is 10.0 Å². The molecule has 1 amide bonds. The molecular formula is C21H20Cl2N2O4S. The molecule has 158 valence electrons. The Morgan fingerprint density at radius 3 is 2.73 bits per heavy atom. The van der Waals surface area contributed by atoms with Crippen LogP contribution in [0.1, 0.15) is 12.8 Å². The van der Waals surface area contributed by atoms with E-state index < -0.39 is 0 Å². The number of rotatable bonds is 6. The third-order valence-corrected chi connectivity index (χ3v) is 6.32. The maximum absolute atomic E-state index is 12.5. The lowest BCUT2D eigenvalue weighted by Crippen LogP contribution is -2.43. The summed E-state index contributed by atoms with van der Waals surface area (Å²) in [5.74, 6) is 1.17. The molecule has 0 atom stereocenters. The number of carbonyl (C=O) groups excluding carboxylic acids is 1. The number of hydrogen-bond donors (Lipinski definition) is 0. The number of benzene rings is 2. The smallest absolute Gasteiger partial charge is 0.274 e. The maximum Gasteiger partial charge on any atom is 0.274 e. The van der Waals surface area contributed by atoms with Crippen LogP contribution in [0.4, 0.5) is 0 Å². The Bertz CT molecular complexity index is 1050. The van der Waals surface area contributed by atoms with Gasteiger partial charge in [-0.05, 0) is 36.4 Å². The number of hydrogen-bond acceptors (Lipinski definition) is 6. The zero-order valence-corrected chi connectivity index (χ0v) is 18.6. The first-order valence-electron chi connectivity index (χ1n) is 9.48. The van der Waals surface area contributed by atoms with E-state index in [1.54, 1.807) is 30.2 Å². The van der Waals surface area contributed by atoms with Gasteiger partial charge in [-0.25, -0.2) is 4.98 Å². The summed E-state index contributed by atoms with van der Waals surface area (Å²) >= 11 is 13.5. The molecule has 0 N–H and O–H groups in total. The van der Waals surface area contributed by atoms with Crippen molar-refractivity contribution in [1.29, 1.82) is 0 Å². The van der Waals surface area contributed by atoms with Crippen molar-refractivity contribution in [2.45, 2.75) is 18.9 Å². The summed E-state index contributed by atoms with van der Waals surface area (Å²) in [5.41, 5.74) is 0.890. The van der Waals surface area contributed by atoms with E-state index in [1.165, 1.54) is 11.3 Å². The van der Waals surface area contributed by atoms with E-state index in [1.807, 2.05) is 18.2 Å². The lowest BCUT2D eigenvalue weighted by Gasteiger charge is -2.31. The summed E-state index contributed by atoms with van der Waals surface area (Å²) in [6, 6.07) is 10.7. The second-order valence-corrected chi connectivity index (χ2v) is 8.71. The predicted octanol–water partition coefficient (Wildman–Crippen LogP) is 5.06. The maximum atomic E-state index is 12.5. The molecule has 0 bridgehead atoms. The number of nitrogens with zero attached hydrogens (tertiary/aromatic N) is 2. The second kappa shape index (κ2) is 9.29. The summed E-state index contributed by atoms with van der Waals surface area (Å²) in [4.78, 5) is 18.8. The standard InChI is InChI=1S/C21H20Cl2N2O4S/c1-27-15-3-4-17-19(11-15)30-21(24-17)29-14-6-8-25(9-7-14)20(26)12-28-18-5-2-13(22)10-16(18)23/h2-5,10-11,14H,6-9,12H2,1H3. The molecule has 3 aromatic rings. The molecule has 0 aliphatic carbocycles. The first-order chi connectivity index (χ1) is 14.5. The van der Waals surface area contributed by atoms with Gasteiger partial charge < -0.3 is 19.1 Å². The molecule has 0 saturated carbocycles. The van der Waals surface area contributed by atoms with Gasteiger partial charge in [-0.15, -0.1) is 0 Å². The number of piperidine rings is 1. The molecule has 0 unspecified atom stereocenters. The Kier molecular flexibility index (Phi) is 6.51. The Balaban J connectivity index is 1.27. The molecule has 0 radical (unpaired) electrons. The molecular weight excluding hydrogens is 447 g/mol. The molecule has 1 aliphatic rings. The average Bonchev–Trinajstić information content (AvgIpc) is 3.14. The van der Waals surface area contributed by atoms with Gasteiger partial charge >= 0.3 is 0 Å². The van der Waals surface area contributed by atoms with E-state index in [4.69, 9.17) is 37.4 Å². The lowest BCUT2D eigenvalue weighted by molar-refractivity contribution is -0.135. The normalized spacial score (nSPS) is 14.7. The van der Waals surface area contributed by atoms with Gasteiger partial charge in [0.2, 0.25) is 0 Å². The van der Waals surface area contributed by atoms with Crippen molar-refractivity contribution in [3.8, 4) is 16.7 Å². The Morgan fingerprint density at radius 1 is 1.20 bits per heavy atom. The number of fused-ring (bicyclic) bond motifs is 1. The van der Waals surface area contributed by atoms with E-state index in [0.29, 0.717) is 34.1 Å². The molecule has 4 rings (SSSR count). The fraction of sp³-hybridized carbons (Fsp3) is 0.333. The first kappa shape index (κ1) is 21.0. The number of amides is 1. The number of halogens is 2. The minimum absolute atomic E-state index is 0.0307. The highest BCUT2D eigenvalue weighted by atomic mass is 35.5. The third kappa shape index (κ3) is 4.91. The predicted molar refractivity (Wildman–Crippen MR) is 118 cm³/mol. The van der Waals surface area contributed by atoms with E-state index in [9.17, 15) is 4.79 Å². The van der Waals surface area contributed by atoms with Gasteiger partial charge in [-0.2, -0.15) is 0 Å². The van der Waals surface area contributed by atoms with Crippen molar-refractivity contribution >= 4 is 50.7 Å². The average molecular weight is 467 g/mol. The van der Waals surface area contributed by atoms with Crippen LogP contribution >= 0.6 is 34.5 Å². The van der Waals surface area contributed by atoms with Crippen LogP contribution in [0.5, 0.6) is 16.7 Å². The van der Waals surface area contributed by atoms with Gasteiger partial charge in [0.1, 0.15) is 17.6 Å². The van der Waals surface area contributed by atoms with Crippen molar-refractivity contribution in [2.75, 3.05) is 26.8 Å². The van der Waals surface area contributed by atoms with Gasteiger partial charge in [0, 0.05) is 31.0 Å². The number of ether oxygens (including phenoxy) is 3. The highest BCUT2D eigenvalue weighted by Gasteiger charge is 2.25. The molecule has 1 aromatic heterocycles. The molecule has 2 heterocycles. The van der Waals surface area contributed by atoms with Gasteiger partial charge in [0.15, 0.2) is 6.61 Å². The van der Waals surface area contributed by atoms with Crippen LogP contribution in [0.25, 0.3) is 10.2 Å². The first-order valence-corrected chi connectivity index (χ1v) is 11.1. The highest BCUT2D eigenvalue weighted by molar-refractivity contribution is 7.20. The quantitative estimate of drug-likeness (QED) is 0.507. The monoisotopic (exact) mass is 466 g/mol. The van der Waals surface area contributed by atoms with Gasteiger partial charge in [-0.3, -0.25) is 4.79 Å². The van der Waals surface area contributed by atoms with Crippen LogP contribution in [-0.2, 0) is 4.79 Å². The fourth-order valence-electron chi connectivity index (χ4n) is 3.25. The van der Waals surface area contributed by atoms with Crippen LogP contribution in [0, 0.1) is 0 Å². The molecule has 1 saturated heterocycles. The lowest BCUT2D eigenvalue weighted by atomic mass is 10.1. The third-order valence-electron chi connectivity index (χ3n) is 4.88. The zero-order chi connectivity index (χ0) is 21.1. The SMILES string of the molecule is COc1ccc2nc(OC3CCN(C(=O)COc4ccc(Cl)cc4Cl)CC3)sc2c1. The number of aromatic nitrogens is 1. The minimum atomic E-state index is -0.0773. The van der Waals surface area contributed by atoms with Gasteiger partial charge in [0.05, 0.1) is 22.3 Å². The topological polar surface area (TPSA) is 60.9 Å². The second-order valence-electron chi connectivity index (χ2n) is 6.87. The molecule has 1 aliphatic heterocycles. The number of methoxy groups -OCH3 is 1. The summed E-state index contributed by atoms with van der Waals surface area (Å²) in [6.45, 7) is 1.16. The summed E-state index contributed by atoms with van der Waals surface area (Å²) in [5, 5.41) is 1.55. The number of thiazole rings is 1. The molecule has 1 fully saturated rings. The van der Waals surface area contributed by atoms with Crippen LogP contribution in [-0.4, -0.2) is 48.7 Å². The number of carbonyl (C=O) groups is 1. The summed E-state index contributed by atoms with van der Waals surface area (Å²) in [7, 11) is 1.64. The molecule has 30 heavy (non-hydrogen) atoms. The van der Waals surface area contributed by atoms with Crippen molar-refractivity contribution in [3.63, 3.8) is 0 Å². The van der Waals surface area contributed by atoms with Crippen molar-refractivity contribution < 1.29 is 19.0 Å². The Hall–Kier alpha value is -2.22. The molecule has 9 heteroatoms. The largest absolute Gasteiger partial charge is 0.497 e. The highest BCUT2D eigenvalue weighted by Crippen LogP contribution is 2.32. The van der Waals surface area contributed by atoms with E-state index in [2.05, 4.69) is 4.98 Å². The summed E-state index contributed by atoms with van der Waals surface area (Å²) in [6.07, 6.45) is 1.52. The Morgan fingerprint density at radius 2 is 2.00 bits per heavy atom. The van der Waals surface area contributed by atoms with Crippen molar-refractivity contribution in [2.24, 2.45) is 0 Å². The zero-order valence-electron chi connectivity index (χ0n) is 16.3. The molecule has 0 spiro atoms. The summed E-state index contributed by atoms with van der Waals surface area (Å²) < 4.78 is 17.9. The van der Waals surface area contributed by atoms with E-state index in [-0.39, 0.29) is 18.6 Å². The molecule has 6 nitrogen and oxygen atoms in total. The van der Waals surface area contributed by atoms with Crippen LogP contribution in [0.3, 0.4) is 0 Å². The van der Waals surface area contributed by atoms with Crippen molar-refractivity contribution in [1.82, 2.24) is 9.88 Å². The van der Waals surface area contributed by atoms with Crippen LogP contribution < -0.4 is 14.2 Å².